The van der Waals surface area contributed by atoms with E-state index >= 15 is 0 Å². The van der Waals surface area contributed by atoms with Crippen LogP contribution in [0.15, 0.2) is 420 Å². The molecule has 11 aromatic carbocycles. The average Bonchev–Trinajstić information content (AvgIpc) is 1.63. The molecule has 0 spiro atoms. The van der Waals surface area contributed by atoms with Gasteiger partial charge in [0.25, 0.3) is 0 Å². The van der Waals surface area contributed by atoms with Gasteiger partial charge >= 0.3 is 20.1 Å². The van der Waals surface area contributed by atoms with E-state index in [0.717, 1.165) is 79.8 Å². The number of para-hydroxylation sites is 2. The van der Waals surface area contributed by atoms with Gasteiger partial charge in [0.15, 0.2) is 12.7 Å². The molecule has 2 radical (unpaired) electrons. The van der Waals surface area contributed by atoms with Crippen LogP contribution in [0.2, 0.25) is 0 Å². The van der Waals surface area contributed by atoms with Gasteiger partial charge in [0.05, 0.1) is 5.56 Å². The average molecular weight is 2010 g/mol. The third-order valence-corrected chi connectivity index (χ3v) is 17.8. The van der Waals surface area contributed by atoms with E-state index in [2.05, 4.69) is 218 Å². The number of pyridine rings is 6. The Labute approximate surface area is 713 Å². The smallest absolute Gasteiger partial charge is 0.500 e. The van der Waals surface area contributed by atoms with Crippen LogP contribution in [-0.2, 0) is 66.9 Å². The Morgan fingerprint density at radius 3 is 1.21 bits per heavy atom. The van der Waals surface area contributed by atoms with Crippen molar-refractivity contribution in [1.82, 2.24) is 24.9 Å². The Hall–Kier alpha value is -12.4. The largest absolute Gasteiger partial charge is 3.00 e. The molecule has 114 heavy (non-hydrogen) atoms. The minimum atomic E-state index is 0. The quantitative estimate of drug-likeness (QED) is 0.0997. The molecule has 8 nitrogen and oxygen atoms in total. The predicted molar refractivity (Wildman–Crippen MR) is 456 cm³/mol. The summed E-state index contributed by atoms with van der Waals surface area (Å²) in [6.07, 6.45) is 15.5. The van der Waals surface area contributed by atoms with Crippen LogP contribution in [0.25, 0.3) is 101 Å². The third kappa shape index (κ3) is 24.6. The summed E-state index contributed by atoms with van der Waals surface area (Å²) < 4.78 is 2.30. The van der Waals surface area contributed by atoms with Crippen molar-refractivity contribution in [2.24, 2.45) is 0 Å². The third-order valence-electron chi connectivity index (χ3n) is 17.8. The summed E-state index contributed by atoms with van der Waals surface area (Å²) in [6.45, 7) is 7.27. The molecule has 564 valence electrons. The van der Waals surface area contributed by atoms with Gasteiger partial charge in [-0.2, -0.15) is 34.9 Å². The molecular formula is C103H82Ir3N8-3. The van der Waals surface area contributed by atoms with Crippen LogP contribution < -0.4 is 14.4 Å². The van der Waals surface area contributed by atoms with Gasteiger partial charge in [-0.15, -0.1) is 192 Å². The number of aryl methyl sites for hydroxylation is 2. The minimum Gasteiger partial charge on any atom is -0.500 e. The van der Waals surface area contributed by atoms with Gasteiger partial charge in [-0.25, -0.2) is 0 Å². The Bertz CT molecular complexity index is 5240. The van der Waals surface area contributed by atoms with Crippen molar-refractivity contribution in [2.45, 2.75) is 27.8 Å². The van der Waals surface area contributed by atoms with E-state index in [1.54, 1.807) is 18.6 Å². The maximum absolute atomic E-state index is 4.55. The van der Waals surface area contributed by atoms with E-state index in [4.69, 9.17) is 0 Å². The molecule has 0 amide bonds. The first-order chi connectivity index (χ1) is 54.4. The summed E-state index contributed by atoms with van der Waals surface area (Å²) >= 11 is 0. The summed E-state index contributed by atoms with van der Waals surface area (Å²) in [7, 11) is 0. The number of hydrogen-bond acceptors (Lipinski definition) is 7. The molecule has 0 saturated heterocycles. The van der Waals surface area contributed by atoms with Crippen LogP contribution in [0.5, 0.6) is 0 Å². The van der Waals surface area contributed by atoms with Gasteiger partial charge in [-0.1, -0.05) is 177 Å². The molecular weight excluding hydrogens is 1930 g/mol. The summed E-state index contributed by atoms with van der Waals surface area (Å²) in [5, 5.41) is 0. The zero-order valence-electron chi connectivity index (χ0n) is 62.2. The van der Waals surface area contributed by atoms with E-state index in [-0.39, 0.29) is 67.7 Å². The van der Waals surface area contributed by atoms with E-state index in [1.807, 2.05) is 279 Å². The molecule has 17 aromatic rings. The molecule has 6 aromatic heterocycles. The number of anilines is 2. The molecule has 19 rings (SSSR count). The van der Waals surface area contributed by atoms with Crippen LogP contribution in [0.3, 0.4) is 0 Å². The van der Waals surface area contributed by atoms with Crippen LogP contribution >= 0.6 is 0 Å². The van der Waals surface area contributed by atoms with Gasteiger partial charge < -0.3 is 34.7 Å². The number of hydrogen-bond donors (Lipinski definition) is 0. The van der Waals surface area contributed by atoms with Crippen LogP contribution in [0.1, 0.15) is 24.1 Å². The second-order valence-electron chi connectivity index (χ2n) is 25.3. The van der Waals surface area contributed by atoms with E-state index in [1.165, 1.54) is 55.8 Å². The zero-order valence-corrected chi connectivity index (χ0v) is 69.4. The SMILES string of the molecule is C.Cc1cc(-c2[c-]cccc2)ncc1-c1ccccc1.Cc1ccccc1-c1ccc(-c2[c-]cccc2)nc1.[Ir+3].[Ir].[Ir].[c-]1ccccc1-c1ccccn1.[c-]1ccccc1-c1ccccn1.[c-]1ccccc1-c1ccccn1.[c-]1ccccc1N1C=CN(c2ccccc2)[CH-]1.c1ccc(-c2ccc3c(c2)-c2cccc[n+]2C3)cc1. The summed E-state index contributed by atoms with van der Waals surface area (Å²) in [4.78, 5) is 25.9. The van der Waals surface area contributed by atoms with Gasteiger partial charge in [0.1, 0.15) is 0 Å². The van der Waals surface area contributed by atoms with E-state index in [9.17, 15) is 0 Å². The first-order valence-electron chi connectivity index (χ1n) is 36.4. The fraction of sp³-hybridized carbons (Fsp3) is 0.0388. The molecule has 0 atom stereocenters. The molecule has 0 aliphatic carbocycles. The summed E-state index contributed by atoms with van der Waals surface area (Å²) in [5.41, 5.74) is 26.1. The van der Waals surface area contributed by atoms with Gasteiger partial charge in [-0.05, 0) is 136 Å². The molecule has 0 bridgehead atoms. The number of rotatable bonds is 10. The van der Waals surface area contributed by atoms with Crippen LogP contribution in [-0.4, -0.2) is 24.9 Å². The van der Waals surface area contributed by atoms with Crippen molar-refractivity contribution in [3.8, 4) is 101 Å². The van der Waals surface area contributed by atoms with Gasteiger partial charge in [-0.3, -0.25) is 0 Å². The first-order valence-corrected chi connectivity index (χ1v) is 36.4. The normalized spacial score (nSPS) is 10.6. The fourth-order valence-electron chi connectivity index (χ4n) is 12.2. The van der Waals surface area contributed by atoms with Crippen molar-refractivity contribution in [3.05, 3.63) is 479 Å². The fourth-order valence-corrected chi connectivity index (χ4v) is 12.2. The Morgan fingerprint density at radius 1 is 0.316 bits per heavy atom. The number of aromatic nitrogens is 6. The Kier molecular flexibility index (Phi) is 34.4. The number of nitrogens with zero attached hydrogens (tertiary/aromatic N) is 8. The summed E-state index contributed by atoms with van der Waals surface area (Å²) in [5.74, 6) is 0. The minimum absolute atomic E-state index is 0. The van der Waals surface area contributed by atoms with Crippen molar-refractivity contribution >= 4 is 11.4 Å². The van der Waals surface area contributed by atoms with E-state index < -0.39 is 0 Å². The van der Waals surface area contributed by atoms with Gasteiger partial charge in [0.2, 0.25) is 5.69 Å². The van der Waals surface area contributed by atoms with E-state index in [0.29, 0.717) is 0 Å². The molecule has 0 fully saturated rings. The topological polar surface area (TPSA) is 74.8 Å². The Morgan fingerprint density at radius 2 is 0.746 bits per heavy atom. The second kappa shape index (κ2) is 45.8. The first kappa shape index (κ1) is 85.6. The monoisotopic (exact) mass is 2010 g/mol. The van der Waals surface area contributed by atoms with Crippen molar-refractivity contribution in [3.63, 3.8) is 0 Å². The van der Waals surface area contributed by atoms with Crippen molar-refractivity contribution in [2.75, 3.05) is 9.80 Å². The van der Waals surface area contributed by atoms with Crippen molar-refractivity contribution in [1.29, 1.82) is 0 Å². The molecule has 0 N–H and O–H groups in total. The maximum Gasteiger partial charge on any atom is 3.00 e. The van der Waals surface area contributed by atoms with Crippen molar-refractivity contribution < 1.29 is 64.9 Å². The molecule has 2 aliphatic rings. The molecule has 0 saturated carbocycles. The molecule has 0 unspecified atom stereocenters. The van der Waals surface area contributed by atoms with Crippen LogP contribution in [0, 0.1) is 56.9 Å². The van der Waals surface area contributed by atoms with Gasteiger partial charge in [0, 0.05) is 100 Å². The predicted octanol–water partition coefficient (Wildman–Crippen LogP) is 24.4. The number of benzene rings is 11. The molecule has 11 heteroatoms. The number of fused-ring (bicyclic) bond motifs is 3. The maximum atomic E-state index is 4.55. The summed E-state index contributed by atoms with van der Waals surface area (Å²) in [6, 6.07) is 143. The van der Waals surface area contributed by atoms with Crippen LogP contribution in [0.4, 0.5) is 11.4 Å². The molecule has 2 aliphatic heterocycles. The standard InChI is InChI=1S/3C18H14N.C15H12N2.3C11H8N.CH4.3Ir/c1-2-6-14(7-3-1)15-9-10-16-13-19-11-5-4-8-18(19)17(16)12-15;1-14-12-18(16-10-6-3-7-11-16)19-13-17(14)15-8-4-2-5-9-15;1-14-7-5-6-10-17(14)16-11-12-18(19-13-16)15-8-3-2-4-9-15;1-3-7-14(8-4-1)16-11-12-17(13-16)15-9-5-2-6-10-15;3*1-2-6-10(7-3-1)11-8-4-5-9-12-11;;;;/h1-12H,13H2;2-10,12-13H,1H3;2-8,10-13H,1H3;1-9,11-13H;3*1-6,8-9H;1H4;;;/q+1;2*-1;-2;3*-1;;;;+3. The Balaban J connectivity index is 0.000000153. The zero-order chi connectivity index (χ0) is 75.0. The second-order valence-corrected chi connectivity index (χ2v) is 25.3. The molecule has 8 heterocycles.